The zero-order valence-corrected chi connectivity index (χ0v) is 16.0. The molecule has 1 saturated heterocycles. The van der Waals surface area contributed by atoms with E-state index in [1.807, 2.05) is 30.3 Å². The summed E-state index contributed by atoms with van der Waals surface area (Å²) in [5, 5.41) is 11.0. The molecule has 2 aromatic rings. The van der Waals surface area contributed by atoms with Crippen molar-refractivity contribution in [2.75, 3.05) is 13.1 Å². The van der Waals surface area contributed by atoms with Crippen molar-refractivity contribution in [3.63, 3.8) is 0 Å². The lowest BCUT2D eigenvalue weighted by Crippen LogP contribution is -2.45. The van der Waals surface area contributed by atoms with Crippen molar-refractivity contribution in [1.82, 2.24) is 9.80 Å². The van der Waals surface area contributed by atoms with Crippen LogP contribution in [0.15, 0.2) is 48.5 Å². The number of amides is 3. The summed E-state index contributed by atoms with van der Waals surface area (Å²) in [7, 11) is 0. The second-order valence-electron chi connectivity index (χ2n) is 8.16. The minimum absolute atomic E-state index is 0.0132. The Hall–Kier alpha value is -2.99. The monoisotopic (exact) mass is 390 g/mol. The van der Waals surface area contributed by atoms with E-state index in [1.54, 1.807) is 23.1 Å². The molecule has 1 saturated carbocycles. The first kappa shape index (κ1) is 18.1. The van der Waals surface area contributed by atoms with Gasteiger partial charge in [-0.3, -0.25) is 19.3 Å². The molecule has 1 N–H and O–H groups in total. The summed E-state index contributed by atoms with van der Waals surface area (Å²) >= 11 is 0. The molecule has 0 bridgehead atoms. The first-order valence-electron chi connectivity index (χ1n) is 10.1. The average molecular weight is 390 g/mol. The summed E-state index contributed by atoms with van der Waals surface area (Å²) in [5.41, 5.74) is 1.06. The van der Waals surface area contributed by atoms with Crippen LogP contribution in [-0.4, -0.2) is 51.8 Å². The standard InChI is InChI=1S/C23H22N2O4/c26-20(24-12-10-23(29,11-13-24)16-4-2-1-3-5-16)15-6-9-18-19(14-15)22(28)25(21(18)27)17-7-8-17/h1-6,9,14,17,29H,7-8,10-13H2. The zero-order valence-electron chi connectivity index (χ0n) is 16.0. The highest BCUT2D eigenvalue weighted by Gasteiger charge is 2.44. The Morgan fingerprint density at radius 1 is 0.931 bits per heavy atom. The van der Waals surface area contributed by atoms with Crippen LogP contribution in [0.5, 0.6) is 0 Å². The molecule has 2 aliphatic heterocycles. The fraction of sp³-hybridized carbons (Fsp3) is 0.348. The molecule has 0 radical (unpaired) electrons. The number of rotatable bonds is 3. The number of hydrogen-bond acceptors (Lipinski definition) is 4. The van der Waals surface area contributed by atoms with Crippen molar-refractivity contribution in [2.45, 2.75) is 37.3 Å². The molecule has 0 unspecified atom stereocenters. The Morgan fingerprint density at radius 2 is 1.59 bits per heavy atom. The Kier molecular flexibility index (Phi) is 4.06. The molecule has 3 aliphatic rings. The van der Waals surface area contributed by atoms with Gasteiger partial charge in [0.2, 0.25) is 0 Å². The number of aliphatic hydroxyl groups is 1. The van der Waals surface area contributed by atoms with Gasteiger partial charge in [-0.2, -0.15) is 0 Å². The summed E-state index contributed by atoms with van der Waals surface area (Å²) in [5.74, 6) is -0.718. The molecule has 1 aliphatic carbocycles. The molecule has 6 nitrogen and oxygen atoms in total. The molecule has 2 fully saturated rings. The first-order chi connectivity index (χ1) is 14.0. The molecule has 2 aromatic carbocycles. The number of likely N-dealkylation sites (tertiary alicyclic amines) is 1. The van der Waals surface area contributed by atoms with Gasteiger partial charge in [0.25, 0.3) is 17.7 Å². The molecule has 6 heteroatoms. The van der Waals surface area contributed by atoms with Gasteiger partial charge in [-0.05, 0) is 49.4 Å². The number of benzene rings is 2. The highest BCUT2D eigenvalue weighted by Crippen LogP contribution is 2.36. The number of fused-ring (bicyclic) bond motifs is 1. The van der Waals surface area contributed by atoms with E-state index in [9.17, 15) is 19.5 Å². The van der Waals surface area contributed by atoms with Gasteiger partial charge in [-0.15, -0.1) is 0 Å². The second-order valence-corrected chi connectivity index (χ2v) is 8.16. The number of piperidine rings is 1. The van der Waals surface area contributed by atoms with Gasteiger partial charge in [0.1, 0.15) is 0 Å². The Balaban J connectivity index is 1.33. The quantitative estimate of drug-likeness (QED) is 0.817. The van der Waals surface area contributed by atoms with Crippen LogP contribution in [0.25, 0.3) is 0 Å². The van der Waals surface area contributed by atoms with Gasteiger partial charge in [0, 0.05) is 24.7 Å². The molecule has 2 heterocycles. The third kappa shape index (κ3) is 2.95. The molecule has 5 rings (SSSR count). The van der Waals surface area contributed by atoms with Crippen LogP contribution < -0.4 is 0 Å². The van der Waals surface area contributed by atoms with Crippen LogP contribution in [0.3, 0.4) is 0 Å². The van der Waals surface area contributed by atoms with E-state index in [4.69, 9.17) is 0 Å². The number of nitrogens with zero attached hydrogens (tertiary/aromatic N) is 2. The van der Waals surface area contributed by atoms with E-state index < -0.39 is 5.60 Å². The van der Waals surface area contributed by atoms with Crippen molar-refractivity contribution in [2.24, 2.45) is 0 Å². The number of hydrogen-bond donors (Lipinski definition) is 1. The lowest BCUT2D eigenvalue weighted by atomic mass is 9.84. The third-order valence-corrected chi connectivity index (χ3v) is 6.27. The molecule has 0 atom stereocenters. The van der Waals surface area contributed by atoms with Crippen LogP contribution in [0.1, 0.15) is 62.3 Å². The Morgan fingerprint density at radius 3 is 2.24 bits per heavy atom. The van der Waals surface area contributed by atoms with E-state index in [0.29, 0.717) is 42.6 Å². The largest absolute Gasteiger partial charge is 0.385 e. The van der Waals surface area contributed by atoms with E-state index in [2.05, 4.69) is 0 Å². The maximum Gasteiger partial charge on any atom is 0.261 e. The highest BCUT2D eigenvalue weighted by atomic mass is 16.3. The summed E-state index contributed by atoms with van der Waals surface area (Å²) in [6, 6.07) is 14.3. The molecular weight excluding hydrogens is 368 g/mol. The lowest BCUT2D eigenvalue weighted by Gasteiger charge is -2.38. The minimum atomic E-state index is -0.927. The highest BCUT2D eigenvalue weighted by molar-refractivity contribution is 6.22. The summed E-state index contributed by atoms with van der Waals surface area (Å²) in [6.45, 7) is 0.866. The maximum absolute atomic E-state index is 13.0. The first-order valence-corrected chi connectivity index (χ1v) is 10.1. The van der Waals surface area contributed by atoms with Gasteiger partial charge in [-0.1, -0.05) is 30.3 Å². The molecular formula is C23H22N2O4. The number of carbonyl (C=O) groups is 3. The smallest absolute Gasteiger partial charge is 0.261 e. The number of carbonyl (C=O) groups excluding carboxylic acids is 3. The van der Waals surface area contributed by atoms with Crippen molar-refractivity contribution in [1.29, 1.82) is 0 Å². The van der Waals surface area contributed by atoms with Crippen molar-refractivity contribution < 1.29 is 19.5 Å². The topological polar surface area (TPSA) is 77.9 Å². The van der Waals surface area contributed by atoms with Gasteiger partial charge < -0.3 is 10.0 Å². The Bertz CT molecular complexity index is 1000. The van der Waals surface area contributed by atoms with E-state index in [0.717, 1.165) is 18.4 Å². The Labute approximate surface area is 168 Å². The predicted octanol–water partition coefficient (Wildman–Crippen LogP) is 2.57. The summed E-state index contributed by atoms with van der Waals surface area (Å²) in [4.78, 5) is 41.1. The molecule has 0 spiro atoms. The fourth-order valence-electron chi connectivity index (χ4n) is 4.36. The normalized spacial score (nSPS) is 20.7. The summed E-state index contributed by atoms with van der Waals surface area (Å²) in [6.07, 6.45) is 2.63. The number of imide groups is 1. The van der Waals surface area contributed by atoms with Crippen molar-refractivity contribution >= 4 is 17.7 Å². The third-order valence-electron chi connectivity index (χ3n) is 6.27. The molecule has 148 valence electrons. The maximum atomic E-state index is 13.0. The lowest BCUT2D eigenvalue weighted by molar-refractivity contribution is -0.0211. The van der Waals surface area contributed by atoms with Gasteiger partial charge >= 0.3 is 0 Å². The van der Waals surface area contributed by atoms with Crippen LogP contribution in [-0.2, 0) is 5.60 Å². The average Bonchev–Trinajstić information content (AvgIpc) is 3.55. The van der Waals surface area contributed by atoms with Crippen LogP contribution in [0.2, 0.25) is 0 Å². The SMILES string of the molecule is O=C(c1ccc2c(c1)C(=O)N(C1CC1)C2=O)N1CCC(O)(c2ccccc2)CC1. The van der Waals surface area contributed by atoms with Crippen molar-refractivity contribution in [3.05, 3.63) is 70.8 Å². The summed E-state index contributed by atoms with van der Waals surface area (Å²) < 4.78 is 0. The zero-order chi connectivity index (χ0) is 20.2. The molecule has 3 amide bonds. The molecule has 29 heavy (non-hydrogen) atoms. The van der Waals surface area contributed by atoms with E-state index in [-0.39, 0.29) is 23.8 Å². The second kappa shape index (κ2) is 6.52. The van der Waals surface area contributed by atoms with Gasteiger partial charge in [-0.25, -0.2) is 0 Å². The fourth-order valence-corrected chi connectivity index (χ4v) is 4.36. The van der Waals surface area contributed by atoms with Crippen LogP contribution in [0, 0.1) is 0 Å². The van der Waals surface area contributed by atoms with Gasteiger partial charge in [0.15, 0.2) is 0 Å². The predicted molar refractivity (Wildman–Crippen MR) is 105 cm³/mol. The minimum Gasteiger partial charge on any atom is -0.385 e. The molecule has 0 aromatic heterocycles. The van der Waals surface area contributed by atoms with Crippen LogP contribution in [0.4, 0.5) is 0 Å². The van der Waals surface area contributed by atoms with E-state index in [1.165, 1.54) is 4.90 Å². The van der Waals surface area contributed by atoms with Crippen molar-refractivity contribution in [3.8, 4) is 0 Å². The van der Waals surface area contributed by atoms with Gasteiger partial charge in [0.05, 0.1) is 16.7 Å². The van der Waals surface area contributed by atoms with Crippen LogP contribution >= 0.6 is 0 Å². The van der Waals surface area contributed by atoms with E-state index >= 15 is 0 Å².